The number of hydrogen-bond donors (Lipinski definition) is 1. The van der Waals surface area contributed by atoms with E-state index in [-0.39, 0.29) is 18.0 Å². The Balaban J connectivity index is 1.63. The van der Waals surface area contributed by atoms with Gasteiger partial charge in [-0.15, -0.1) is 0 Å². The first-order chi connectivity index (χ1) is 12.5. The summed E-state index contributed by atoms with van der Waals surface area (Å²) in [5.74, 6) is -0.630. The third kappa shape index (κ3) is 2.48. The summed E-state index contributed by atoms with van der Waals surface area (Å²) in [4.78, 5) is 27.8. The van der Waals surface area contributed by atoms with E-state index >= 15 is 0 Å². The molecule has 2 bridgehead atoms. The second kappa shape index (κ2) is 6.38. The van der Waals surface area contributed by atoms with Gasteiger partial charge in [0.15, 0.2) is 0 Å². The van der Waals surface area contributed by atoms with E-state index in [1.54, 1.807) is 7.11 Å². The minimum Gasteiger partial charge on any atom is -0.481 e. The lowest BCUT2D eigenvalue weighted by molar-refractivity contribution is -0.157. The lowest BCUT2D eigenvalue weighted by Crippen LogP contribution is -2.54. The van der Waals surface area contributed by atoms with Crippen molar-refractivity contribution in [1.29, 1.82) is 0 Å². The molecule has 0 radical (unpaired) electrons. The smallest absolute Gasteiger partial charge is 0.312 e. The van der Waals surface area contributed by atoms with Gasteiger partial charge >= 0.3 is 5.97 Å². The third-order valence-corrected chi connectivity index (χ3v) is 6.95. The van der Waals surface area contributed by atoms with Crippen LogP contribution in [0.25, 0.3) is 0 Å². The van der Waals surface area contributed by atoms with Crippen molar-refractivity contribution < 1.29 is 19.4 Å². The fraction of sp³-hybridized carbons (Fsp3) is 0.619. The lowest BCUT2D eigenvalue weighted by Gasteiger charge is -2.44. The van der Waals surface area contributed by atoms with Crippen molar-refractivity contribution in [2.45, 2.75) is 57.0 Å². The van der Waals surface area contributed by atoms with Crippen molar-refractivity contribution in [2.24, 2.45) is 10.8 Å². The van der Waals surface area contributed by atoms with Crippen LogP contribution in [0.5, 0.6) is 0 Å². The molecule has 3 atom stereocenters. The van der Waals surface area contributed by atoms with Gasteiger partial charge in [-0.1, -0.05) is 36.8 Å². The molecular weight excluding hydrogens is 330 g/mol. The number of fused-ring (bicyclic) bond motifs is 2. The lowest BCUT2D eigenvalue weighted by atomic mass is 9.67. The quantitative estimate of drug-likeness (QED) is 0.850. The molecule has 4 rings (SSSR count). The number of carboxylic acid groups (broad SMARTS) is 1. The van der Waals surface area contributed by atoms with Crippen LogP contribution in [0, 0.1) is 10.8 Å². The zero-order valence-corrected chi connectivity index (χ0v) is 15.3. The number of methoxy groups -OCH3 is 1. The molecule has 5 nitrogen and oxygen atoms in total. The summed E-state index contributed by atoms with van der Waals surface area (Å²) in [6.07, 6.45) is 5.53. The zero-order chi connectivity index (χ0) is 18.4. The number of aliphatic carboxylic acids is 1. The molecular formula is C21H27NO4. The Hall–Kier alpha value is -1.88. The number of benzene rings is 1. The maximum atomic E-state index is 13.4. The van der Waals surface area contributed by atoms with Gasteiger partial charge in [-0.2, -0.15) is 0 Å². The van der Waals surface area contributed by atoms with Crippen LogP contribution in [0.4, 0.5) is 0 Å². The van der Waals surface area contributed by atoms with Crippen LogP contribution in [0.15, 0.2) is 30.3 Å². The minimum atomic E-state index is -0.863. The Morgan fingerprint density at radius 1 is 1.23 bits per heavy atom. The van der Waals surface area contributed by atoms with Gasteiger partial charge in [0, 0.05) is 19.2 Å². The van der Waals surface area contributed by atoms with E-state index in [9.17, 15) is 14.7 Å². The highest BCUT2D eigenvalue weighted by Crippen LogP contribution is 2.55. The van der Waals surface area contributed by atoms with Crippen LogP contribution < -0.4 is 0 Å². The van der Waals surface area contributed by atoms with E-state index in [0.29, 0.717) is 19.4 Å². The highest BCUT2D eigenvalue weighted by molar-refractivity contribution is 5.87. The molecule has 0 unspecified atom stereocenters. The molecule has 2 heterocycles. The second-order valence-electron chi connectivity index (χ2n) is 8.35. The standard InChI is InChI=1S/C21H27NO4/c1-26-14-20(10-5-11-20)18(23)22-16-8-9-17(22)21(13-16,19(24)25)12-15-6-3-2-4-7-15/h2-4,6-7,16-17H,5,8-14H2,1H3,(H,24,25)/t16-,17+,21+/m0/s1. The largest absolute Gasteiger partial charge is 0.481 e. The van der Waals surface area contributed by atoms with Gasteiger partial charge in [0.1, 0.15) is 0 Å². The summed E-state index contributed by atoms with van der Waals surface area (Å²) in [7, 11) is 1.64. The predicted octanol–water partition coefficient (Wildman–Crippen LogP) is 2.88. The van der Waals surface area contributed by atoms with Crippen molar-refractivity contribution in [3.05, 3.63) is 35.9 Å². The van der Waals surface area contributed by atoms with Crippen LogP contribution in [0.1, 0.15) is 44.1 Å². The minimum absolute atomic E-state index is 0.0571. The molecule has 1 saturated carbocycles. The van der Waals surface area contributed by atoms with Crippen LogP contribution >= 0.6 is 0 Å². The molecule has 0 aromatic heterocycles. The Morgan fingerprint density at radius 2 is 1.96 bits per heavy atom. The molecule has 5 heteroatoms. The Bertz CT molecular complexity index is 699. The van der Waals surface area contributed by atoms with Crippen LogP contribution in [0.3, 0.4) is 0 Å². The van der Waals surface area contributed by atoms with Gasteiger partial charge < -0.3 is 14.7 Å². The summed E-state index contributed by atoms with van der Waals surface area (Å²) < 4.78 is 5.35. The van der Waals surface area contributed by atoms with Crippen molar-refractivity contribution in [3.8, 4) is 0 Å². The highest BCUT2D eigenvalue weighted by Gasteiger charge is 2.63. The van der Waals surface area contributed by atoms with E-state index in [4.69, 9.17) is 4.74 Å². The predicted molar refractivity (Wildman–Crippen MR) is 96.6 cm³/mol. The summed E-state index contributed by atoms with van der Waals surface area (Å²) in [6, 6.07) is 9.67. The summed E-state index contributed by atoms with van der Waals surface area (Å²) in [5.41, 5.74) is -0.250. The average Bonchev–Trinajstić information content (AvgIpc) is 3.14. The highest BCUT2D eigenvalue weighted by atomic mass is 16.5. The first kappa shape index (κ1) is 17.5. The van der Waals surface area contributed by atoms with E-state index in [2.05, 4.69) is 0 Å². The van der Waals surface area contributed by atoms with Crippen molar-refractivity contribution in [2.75, 3.05) is 13.7 Å². The van der Waals surface area contributed by atoms with E-state index in [1.165, 1.54) is 0 Å². The first-order valence-electron chi connectivity index (χ1n) is 9.61. The number of ether oxygens (including phenoxy) is 1. The van der Waals surface area contributed by atoms with Gasteiger partial charge in [0.2, 0.25) is 5.91 Å². The molecule has 1 aliphatic carbocycles. The molecule has 2 aliphatic heterocycles. The number of carboxylic acids is 1. The van der Waals surface area contributed by atoms with Gasteiger partial charge in [0.05, 0.1) is 17.4 Å². The van der Waals surface area contributed by atoms with Gasteiger partial charge in [-0.25, -0.2) is 0 Å². The molecule has 0 spiro atoms. The average molecular weight is 357 g/mol. The summed E-state index contributed by atoms with van der Waals surface area (Å²) in [5, 5.41) is 10.2. The van der Waals surface area contributed by atoms with Crippen molar-refractivity contribution in [3.63, 3.8) is 0 Å². The fourth-order valence-corrected chi connectivity index (χ4v) is 5.52. The molecule has 1 N–H and O–H groups in total. The molecule has 3 fully saturated rings. The molecule has 1 aromatic carbocycles. The molecule has 3 aliphatic rings. The first-order valence-corrected chi connectivity index (χ1v) is 9.61. The number of amides is 1. The maximum absolute atomic E-state index is 13.4. The van der Waals surface area contributed by atoms with E-state index in [0.717, 1.165) is 37.7 Å². The number of carbonyl (C=O) groups excluding carboxylic acids is 1. The monoisotopic (exact) mass is 357 g/mol. The number of hydrogen-bond acceptors (Lipinski definition) is 3. The van der Waals surface area contributed by atoms with E-state index in [1.807, 2.05) is 35.2 Å². The number of nitrogens with zero attached hydrogens (tertiary/aromatic N) is 1. The molecule has 26 heavy (non-hydrogen) atoms. The van der Waals surface area contributed by atoms with Crippen molar-refractivity contribution >= 4 is 11.9 Å². The van der Waals surface area contributed by atoms with E-state index < -0.39 is 16.8 Å². The summed E-state index contributed by atoms with van der Waals surface area (Å²) >= 11 is 0. The Labute approximate surface area is 154 Å². The third-order valence-electron chi connectivity index (χ3n) is 6.95. The topological polar surface area (TPSA) is 66.8 Å². The Morgan fingerprint density at radius 3 is 2.54 bits per heavy atom. The molecule has 1 aromatic rings. The van der Waals surface area contributed by atoms with Gasteiger partial charge in [-0.3, -0.25) is 9.59 Å². The van der Waals surface area contributed by atoms with Gasteiger partial charge in [-0.05, 0) is 44.1 Å². The van der Waals surface area contributed by atoms with Crippen LogP contribution in [0.2, 0.25) is 0 Å². The maximum Gasteiger partial charge on any atom is 0.312 e. The molecule has 140 valence electrons. The van der Waals surface area contributed by atoms with Crippen molar-refractivity contribution in [1.82, 2.24) is 4.90 Å². The zero-order valence-electron chi connectivity index (χ0n) is 15.3. The number of carbonyl (C=O) groups is 2. The normalized spacial score (nSPS) is 31.7. The second-order valence-corrected chi connectivity index (χ2v) is 8.35. The van der Waals surface area contributed by atoms with Crippen LogP contribution in [-0.2, 0) is 20.7 Å². The Kier molecular flexibility index (Phi) is 4.30. The summed E-state index contributed by atoms with van der Waals surface area (Å²) in [6.45, 7) is 0.445. The SMILES string of the molecule is COCC1(C(=O)N2[C@H]3CC[C@@H]2[C@](Cc2ccccc2)(C(=O)O)C3)CCC1. The number of rotatable bonds is 6. The van der Waals surface area contributed by atoms with Gasteiger partial charge in [0.25, 0.3) is 0 Å². The fourth-order valence-electron chi connectivity index (χ4n) is 5.52. The van der Waals surface area contributed by atoms with Crippen LogP contribution in [-0.4, -0.2) is 47.7 Å². The molecule has 1 amide bonds. The molecule has 2 saturated heterocycles.